The average Bonchev–Trinajstić information content (AvgIpc) is 2.87. The summed E-state index contributed by atoms with van der Waals surface area (Å²) in [6, 6.07) is 5.62. The molecule has 2 aromatic heterocycles. The van der Waals surface area contributed by atoms with E-state index in [4.69, 9.17) is 16.3 Å². The quantitative estimate of drug-likeness (QED) is 0.763. The number of benzene rings is 1. The molecule has 0 aliphatic heterocycles. The van der Waals surface area contributed by atoms with Crippen molar-refractivity contribution in [3.8, 4) is 5.75 Å². The zero-order valence-corrected chi connectivity index (χ0v) is 12.8. The molecular weight excluding hydrogens is 312 g/mol. The van der Waals surface area contributed by atoms with Crippen molar-refractivity contribution < 1.29 is 4.74 Å². The summed E-state index contributed by atoms with van der Waals surface area (Å²) in [6.07, 6.45) is 0. The summed E-state index contributed by atoms with van der Waals surface area (Å²) in [5, 5.41) is 4.09. The maximum atomic E-state index is 5.85. The van der Waals surface area contributed by atoms with Crippen LogP contribution >= 0.6 is 23.4 Å². The zero-order chi connectivity index (χ0) is 14.8. The third kappa shape index (κ3) is 3.01. The number of hydrogen-bond donors (Lipinski definition) is 2. The minimum absolute atomic E-state index is 0.134. The number of H-pyrrole nitrogens is 1. The van der Waals surface area contributed by atoms with E-state index >= 15 is 0 Å². The summed E-state index contributed by atoms with van der Waals surface area (Å²) < 4.78 is 5.18. The monoisotopic (exact) mass is 322 g/mol. The molecule has 0 unspecified atom stereocenters. The van der Waals surface area contributed by atoms with E-state index in [1.165, 1.54) is 11.8 Å². The minimum Gasteiger partial charge on any atom is -0.497 e. The van der Waals surface area contributed by atoms with Gasteiger partial charge in [-0.3, -0.25) is 0 Å². The SMILES string of the molecule is CNc1nc(Cl)nc(Sc2nc3ccc(OC)cc3[nH]2)n1. The third-order valence-electron chi connectivity index (χ3n) is 2.67. The molecule has 3 aromatic rings. The first-order valence-electron chi connectivity index (χ1n) is 5.99. The molecule has 108 valence electrons. The Labute approximate surface area is 129 Å². The van der Waals surface area contributed by atoms with Gasteiger partial charge in [-0.05, 0) is 35.5 Å². The van der Waals surface area contributed by atoms with Crippen LogP contribution in [0, 0.1) is 0 Å². The number of hydrogen-bond acceptors (Lipinski definition) is 7. The van der Waals surface area contributed by atoms with Crippen molar-refractivity contribution in [1.29, 1.82) is 0 Å². The maximum Gasteiger partial charge on any atom is 0.228 e. The predicted octanol–water partition coefficient (Wildman–Crippen LogP) is 2.60. The van der Waals surface area contributed by atoms with Gasteiger partial charge in [0.2, 0.25) is 16.4 Å². The molecular formula is C12H11ClN6OS. The van der Waals surface area contributed by atoms with Crippen LogP contribution in [0.1, 0.15) is 0 Å². The van der Waals surface area contributed by atoms with Gasteiger partial charge in [-0.1, -0.05) is 0 Å². The Bertz CT molecular complexity index is 793. The fourth-order valence-electron chi connectivity index (χ4n) is 1.72. The smallest absolute Gasteiger partial charge is 0.228 e. The van der Waals surface area contributed by atoms with E-state index in [-0.39, 0.29) is 5.28 Å². The van der Waals surface area contributed by atoms with Gasteiger partial charge in [0.05, 0.1) is 18.1 Å². The first-order chi connectivity index (χ1) is 10.2. The summed E-state index contributed by atoms with van der Waals surface area (Å²) in [7, 11) is 3.34. The van der Waals surface area contributed by atoms with Crippen LogP contribution in [0.15, 0.2) is 28.5 Å². The largest absolute Gasteiger partial charge is 0.497 e. The summed E-state index contributed by atoms with van der Waals surface area (Å²) in [5.74, 6) is 1.18. The van der Waals surface area contributed by atoms with E-state index in [0.717, 1.165) is 16.8 Å². The van der Waals surface area contributed by atoms with Gasteiger partial charge in [-0.2, -0.15) is 15.0 Å². The Hall–Kier alpha value is -2.06. The van der Waals surface area contributed by atoms with Crippen molar-refractivity contribution in [2.45, 2.75) is 10.3 Å². The van der Waals surface area contributed by atoms with Gasteiger partial charge in [-0.15, -0.1) is 0 Å². The topological polar surface area (TPSA) is 88.6 Å². The van der Waals surface area contributed by atoms with E-state index in [0.29, 0.717) is 16.3 Å². The van der Waals surface area contributed by atoms with Crippen LogP contribution in [0.4, 0.5) is 5.95 Å². The van der Waals surface area contributed by atoms with E-state index in [2.05, 4.69) is 30.2 Å². The first-order valence-corrected chi connectivity index (χ1v) is 7.18. The van der Waals surface area contributed by atoms with Crippen molar-refractivity contribution in [2.75, 3.05) is 19.5 Å². The van der Waals surface area contributed by atoms with Gasteiger partial charge in [0.25, 0.3) is 0 Å². The molecule has 0 aliphatic rings. The lowest BCUT2D eigenvalue weighted by Gasteiger charge is -2.00. The number of aromatic nitrogens is 5. The Morgan fingerprint density at radius 2 is 2.10 bits per heavy atom. The molecule has 0 saturated heterocycles. The molecule has 1 aromatic carbocycles. The summed E-state index contributed by atoms with van der Waals surface area (Å²) in [5.41, 5.74) is 1.72. The van der Waals surface area contributed by atoms with Crippen molar-refractivity contribution in [2.24, 2.45) is 0 Å². The molecule has 2 heterocycles. The molecule has 9 heteroatoms. The molecule has 0 aliphatic carbocycles. The van der Waals surface area contributed by atoms with Crippen LogP contribution in [-0.4, -0.2) is 39.1 Å². The highest BCUT2D eigenvalue weighted by molar-refractivity contribution is 7.99. The van der Waals surface area contributed by atoms with Gasteiger partial charge < -0.3 is 15.0 Å². The van der Waals surface area contributed by atoms with E-state index in [1.807, 2.05) is 18.2 Å². The molecule has 0 spiro atoms. The molecule has 2 N–H and O–H groups in total. The van der Waals surface area contributed by atoms with Gasteiger partial charge in [0.15, 0.2) is 5.16 Å². The number of anilines is 1. The number of aromatic amines is 1. The molecule has 7 nitrogen and oxygen atoms in total. The Morgan fingerprint density at radius 3 is 2.86 bits per heavy atom. The lowest BCUT2D eigenvalue weighted by atomic mass is 10.3. The Balaban J connectivity index is 1.92. The van der Waals surface area contributed by atoms with Gasteiger partial charge in [0, 0.05) is 13.1 Å². The third-order valence-corrected chi connectivity index (χ3v) is 3.59. The highest BCUT2D eigenvalue weighted by Crippen LogP contribution is 2.27. The molecule has 21 heavy (non-hydrogen) atoms. The number of imidazole rings is 1. The molecule has 0 radical (unpaired) electrons. The fraction of sp³-hybridized carbons (Fsp3) is 0.167. The maximum absolute atomic E-state index is 5.85. The second kappa shape index (κ2) is 5.74. The molecule has 0 saturated carbocycles. The Kier molecular flexibility index (Phi) is 3.80. The van der Waals surface area contributed by atoms with Crippen molar-refractivity contribution in [3.05, 3.63) is 23.5 Å². The molecule has 0 amide bonds. The Morgan fingerprint density at radius 1 is 1.24 bits per heavy atom. The highest BCUT2D eigenvalue weighted by Gasteiger charge is 2.10. The average molecular weight is 323 g/mol. The number of nitrogens with one attached hydrogen (secondary N) is 2. The van der Waals surface area contributed by atoms with Crippen LogP contribution in [0.2, 0.25) is 5.28 Å². The number of rotatable bonds is 4. The normalized spacial score (nSPS) is 10.8. The van der Waals surface area contributed by atoms with Crippen LogP contribution in [0.3, 0.4) is 0 Å². The van der Waals surface area contributed by atoms with Gasteiger partial charge >= 0.3 is 0 Å². The van der Waals surface area contributed by atoms with E-state index in [9.17, 15) is 0 Å². The van der Waals surface area contributed by atoms with Crippen molar-refractivity contribution >= 4 is 40.3 Å². The summed E-state index contributed by atoms with van der Waals surface area (Å²) >= 11 is 7.13. The lowest BCUT2D eigenvalue weighted by molar-refractivity contribution is 0.415. The van der Waals surface area contributed by atoms with Gasteiger partial charge in [0.1, 0.15) is 5.75 Å². The van der Waals surface area contributed by atoms with Crippen LogP contribution in [0.25, 0.3) is 11.0 Å². The van der Waals surface area contributed by atoms with Crippen LogP contribution in [0.5, 0.6) is 5.75 Å². The second-order valence-electron chi connectivity index (χ2n) is 3.99. The van der Waals surface area contributed by atoms with E-state index in [1.54, 1.807) is 14.2 Å². The summed E-state index contributed by atoms with van der Waals surface area (Å²) in [6.45, 7) is 0. The summed E-state index contributed by atoms with van der Waals surface area (Å²) in [4.78, 5) is 19.8. The van der Waals surface area contributed by atoms with Crippen molar-refractivity contribution in [1.82, 2.24) is 24.9 Å². The number of nitrogens with zero attached hydrogens (tertiary/aromatic N) is 4. The second-order valence-corrected chi connectivity index (χ2v) is 5.28. The van der Waals surface area contributed by atoms with Gasteiger partial charge in [-0.25, -0.2) is 4.98 Å². The van der Waals surface area contributed by atoms with E-state index < -0.39 is 0 Å². The number of ether oxygens (including phenoxy) is 1. The minimum atomic E-state index is 0.134. The molecule has 0 fully saturated rings. The lowest BCUT2D eigenvalue weighted by Crippen LogP contribution is -2.00. The highest BCUT2D eigenvalue weighted by atomic mass is 35.5. The molecule has 0 bridgehead atoms. The molecule has 3 rings (SSSR count). The number of halogens is 1. The van der Waals surface area contributed by atoms with Crippen LogP contribution in [-0.2, 0) is 0 Å². The van der Waals surface area contributed by atoms with Crippen molar-refractivity contribution in [3.63, 3.8) is 0 Å². The fourth-order valence-corrected chi connectivity index (χ4v) is 2.67. The zero-order valence-electron chi connectivity index (χ0n) is 11.2. The predicted molar refractivity (Wildman–Crippen MR) is 81.2 cm³/mol. The standard InChI is InChI=1S/C12H11ClN6OS/c1-14-10-17-9(13)18-12(19-10)21-11-15-7-4-3-6(20-2)5-8(7)16-11/h3-5H,1-2H3,(H,15,16)(H,14,17,18,19). The number of methoxy groups -OCH3 is 1. The first kappa shape index (κ1) is 13.9. The molecule has 0 atom stereocenters. The number of fused-ring (bicyclic) bond motifs is 1. The van der Waals surface area contributed by atoms with Crippen LogP contribution < -0.4 is 10.1 Å².